The fourth-order valence-electron chi connectivity index (χ4n) is 2.90. The molecule has 8 heteroatoms. The van der Waals surface area contributed by atoms with Gasteiger partial charge < -0.3 is 14.8 Å². The number of benzene rings is 3. The van der Waals surface area contributed by atoms with Gasteiger partial charge in [-0.25, -0.2) is 4.98 Å². The molecule has 1 aromatic heterocycles. The summed E-state index contributed by atoms with van der Waals surface area (Å²) in [4.78, 5) is 16.7. The third-order valence-electron chi connectivity index (χ3n) is 4.34. The van der Waals surface area contributed by atoms with E-state index in [1.54, 1.807) is 36.4 Å². The van der Waals surface area contributed by atoms with Crippen LogP contribution in [0.1, 0.15) is 15.9 Å². The number of hydrogen-bond acceptors (Lipinski definition) is 5. The molecule has 0 unspecified atom stereocenters. The number of hydrogen-bond donors (Lipinski definition) is 3. The Morgan fingerprint density at radius 1 is 1.13 bits per heavy atom. The second-order valence-corrected chi connectivity index (χ2v) is 7.49. The predicted molar refractivity (Wildman–Crippen MR) is 121 cm³/mol. The van der Waals surface area contributed by atoms with Crippen LogP contribution < -0.4 is 10.6 Å². The van der Waals surface area contributed by atoms with E-state index in [-0.39, 0.29) is 22.7 Å². The van der Waals surface area contributed by atoms with E-state index in [9.17, 15) is 9.90 Å². The average molecular weight is 438 g/mol. The number of aromatic hydroxyl groups is 1. The number of nitrogens with zero attached hydrogens (tertiary/aromatic N) is 1. The molecular weight excluding hydrogens is 422 g/mol. The Morgan fingerprint density at radius 3 is 2.77 bits per heavy atom. The molecular formula is C22H16ClN3O3S. The topological polar surface area (TPSA) is 87.4 Å². The van der Waals surface area contributed by atoms with E-state index in [0.29, 0.717) is 32.9 Å². The Hall–Kier alpha value is -3.42. The Morgan fingerprint density at radius 2 is 1.97 bits per heavy atom. The van der Waals surface area contributed by atoms with Crippen molar-refractivity contribution in [3.63, 3.8) is 0 Å². The summed E-state index contributed by atoms with van der Waals surface area (Å²) in [6.45, 7) is 1.96. The maximum Gasteiger partial charge on any atom is 0.257 e. The third kappa shape index (κ3) is 4.27. The van der Waals surface area contributed by atoms with Gasteiger partial charge in [0.1, 0.15) is 11.3 Å². The van der Waals surface area contributed by atoms with Crippen molar-refractivity contribution in [3.05, 3.63) is 76.8 Å². The van der Waals surface area contributed by atoms with Crippen LogP contribution in [0, 0.1) is 6.92 Å². The lowest BCUT2D eigenvalue weighted by Gasteiger charge is -2.11. The molecule has 0 aliphatic rings. The lowest BCUT2D eigenvalue weighted by atomic mass is 10.1. The molecule has 0 fully saturated rings. The van der Waals surface area contributed by atoms with Gasteiger partial charge >= 0.3 is 0 Å². The van der Waals surface area contributed by atoms with Crippen LogP contribution in [0.4, 0.5) is 5.69 Å². The number of nitrogens with one attached hydrogen (secondary N) is 2. The minimum atomic E-state index is -0.386. The maximum atomic E-state index is 12.3. The second kappa shape index (κ2) is 8.14. The number of carbonyl (C=O) groups excluding carboxylic acids is 1. The van der Waals surface area contributed by atoms with Crippen molar-refractivity contribution in [2.24, 2.45) is 0 Å². The fourth-order valence-corrected chi connectivity index (χ4v) is 3.30. The molecule has 0 bridgehead atoms. The predicted octanol–water partition coefficient (Wildman–Crippen LogP) is 5.29. The number of thiocarbonyl (C=S) groups is 1. The summed E-state index contributed by atoms with van der Waals surface area (Å²) in [7, 11) is 0. The van der Waals surface area contributed by atoms with Crippen LogP contribution in [-0.2, 0) is 0 Å². The summed E-state index contributed by atoms with van der Waals surface area (Å²) in [6, 6.07) is 17.0. The van der Waals surface area contributed by atoms with Gasteiger partial charge in [0.25, 0.3) is 5.91 Å². The molecule has 0 saturated carbocycles. The molecule has 0 saturated heterocycles. The van der Waals surface area contributed by atoms with Crippen molar-refractivity contribution in [3.8, 4) is 17.2 Å². The molecule has 0 radical (unpaired) electrons. The average Bonchev–Trinajstić information content (AvgIpc) is 3.12. The van der Waals surface area contributed by atoms with E-state index >= 15 is 0 Å². The molecule has 3 aromatic carbocycles. The largest absolute Gasteiger partial charge is 0.507 e. The first kappa shape index (κ1) is 19.9. The normalized spacial score (nSPS) is 10.7. The van der Waals surface area contributed by atoms with Crippen LogP contribution in [0.3, 0.4) is 0 Å². The number of phenolic OH excluding ortho intramolecular Hbond substituents is 1. The zero-order valence-electron chi connectivity index (χ0n) is 15.8. The summed E-state index contributed by atoms with van der Waals surface area (Å²) in [5.74, 6) is -0.0911. The molecule has 6 nitrogen and oxygen atoms in total. The van der Waals surface area contributed by atoms with Crippen molar-refractivity contribution in [2.45, 2.75) is 6.92 Å². The van der Waals surface area contributed by atoms with Gasteiger partial charge in [0.15, 0.2) is 10.7 Å². The van der Waals surface area contributed by atoms with Crippen molar-refractivity contribution in [1.29, 1.82) is 0 Å². The lowest BCUT2D eigenvalue weighted by molar-refractivity contribution is 0.0977. The van der Waals surface area contributed by atoms with Crippen molar-refractivity contribution >= 4 is 51.6 Å². The van der Waals surface area contributed by atoms with Crippen LogP contribution in [-0.4, -0.2) is 21.1 Å². The quantitative estimate of drug-likeness (QED) is 0.298. The van der Waals surface area contributed by atoms with Crippen molar-refractivity contribution in [2.75, 3.05) is 5.32 Å². The summed E-state index contributed by atoms with van der Waals surface area (Å²) in [5.41, 5.74) is 3.71. The van der Waals surface area contributed by atoms with E-state index in [2.05, 4.69) is 15.6 Å². The molecule has 3 N–H and O–H groups in total. The van der Waals surface area contributed by atoms with Gasteiger partial charge in [-0.15, -0.1) is 0 Å². The van der Waals surface area contributed by atoms with Gasteiger partial charge in [-0.05, 0) is 73.2 Å². The molecule has 0 aliphatic heterocycles. The summed E-state index contributed by atoms with van der Waals surface area (Å²) >= 11 is 11.1. The molecule has 4 rings (SSSR count). The number of amides is 1. The molecule has 1 heterocycles. The SMILES string of the molecule is Cc1ccc2nc(-c3cc(NC(=S)NC(=O)c4cccc(Cl)c4)ccc3O)oc2c1. The van der Waals surface area contributed by atoms with Crippen LogP contribution in [0.5, 0.6) is 5.75 Å². The first-order chi connectivity index (χ1) is 14.4. The lowest BCUT2D eigenvalue weighted by Crippen LogP contribution is -2.34. The van der Waals surface area contributed by atoms with E-state index in [1.165, 1.54) is 6.07 Å². The second-order valence-electron chi connectivity index (χ2n) is 6.64. The first-order valence-electron chi connectivity index (χ1n) is 8.97. The third-order valence-corrected chi connectivity index (χ3v) is 4.78. The summed E-state index contributed by atoms with van der Waals surface area (Å²) < 4.78 is 5.80. The highest BCUT2D eigenvalue weighted by molar-refractivity contribution is 7.80. The highest BCUT2D eigenvalue weighted by atomic mass is 35.5. The number of rotatable bonds is 3. The van der Waals surface area contributed by atoms with Crippen LogP contribution in [0.15, 0.2) is 65.1 Å². The standard InChI is InChI=1S/C22H16ClN3O3S/c1-12-5-7-17-19(9-12)29-21(25-17)16-11-15(6-8-18(16)27)24-22(30)26-20(28)13-3-2-4-14(23)10-13/h2-11,27H,1H3,(H2,24,26,28,30). The summed E-state index contributed by atoms with van der Waals surface area (Å²) in [6.07, 6.45) is 0. The monoisotopic (exact) mass is 437 g/mol. The molecule has 1 amide bonds. The van der Waals surface area contributed by atoms with Crippen molar-refractivity contribution in [1.82, 2.24) is 10.3 Å². The Bertz CT molecular complexity index is 1290. The van der Waals surface area contributed by atoms with Crippen molar-refractivity contribution < 1.29 is 14.3 Å². The minimum absolute atomic E-state index is 0.0118. The van der Waals surface area contributed by atoms with Gasteiger partial charge in [-0.3, -0.25) is 10.1 Å². The molecule has 0 atom stereocenters. The Labute approximate surface area is 182 Å². The van der Waals surface area contributed by atoms with Gasteiger partial charge in [0.2, 0.25) is 5.89 Å². The molecule has 0 aliphatic carbocycles. The van der Waals surface area contributed by atoms with E-state index in [1.807, 2.05) is 25.1 Å². The number of fused-ring (bicyclic) bond motifs is 1. The number of halogens is 1. The van der Waals surface area contributed by atoms with E-state index in [4.69, 9.17) is 28.2 Å². The van der Waals surface area contributed by atoms with Gasteiger partial charge in [0.05, 0.1) is 5.56 Å². The summed E-state index contributed by atoms with van der Waals surface area (Å²) in [5, 5.41) is 16.4. The maximum absolute atomic E-state index is 12.3. The van der Waals surface area contributed by atoms with Gasteiger partial charge in [-0.1, -0.05) is 23.7 Å². The highest BCUT2D eigenvalue weighted by Crippen LogP contribution is 2.33. The minimum Gasteiger partial charge on any atom is -0.507 e. The zero-order chi connectivity index (χ0) is 21.3. The number of aryl methyl sites for hydroxylation is 1. The fraction of sp³-hybridized carbons (Fsp3) is 0.0455. The van der Waals surface area contributed by atoms with Crippen LogP contribution in [0.25, 0.3) is 22.6 Å². The highest BCUT2D eigenvalue weighted by Gasteiger charge is 2.14. The Kier molecular flexibility index (Phi) is 5.39. The number of oxazole rings is 1. The first-order valence-corrected chi connectivity index (χ1v) is 9.76. The van der Waals surface area contributed by atoms with Gasteiger partial charge in [-0.2, -0.15) is 0 Å². The molecule has 4 aromatic rings. The van der Waals surface area contributed by atoms with Crippen LogP contribution in [0.2, 0.25) is 5.02 Å². The number of aromatic nitrogens is 1. The number of carbonyl (C=O) groups is 1. The van der Waals surface area contributed by atoms with Crippen LogP contribution >= 0.6 is 23.8 Å². The van der Waals surface area contributed by atoms with Gasteiger partial charge in [0, 0.05) is 16.3 Å². The number of phenols is 1. The number of anilines is 1. The molecule has 0 spiro atoms. The zero-order valence-corrected chi connectivity index (χ0v) is 17.3. The smallest absolute Gasteiger partial charge is 0.257 e. The van der Waals surface area contributed by atoms with E-state index in [0.717, 1.165) is 5.56 Å². The van der Waals surface area contributed by atoms with E-state index < -0.39 is 0 Å². The molecule has 30 heavy (non-hydrogen) atoms. The molecule has 150 valence electrons. The Balaban J connectivity index is 1.54.